The van der Waals surface area contributed by atoms with Gasteiger partial charge in [0, 0.05) is 25.1 Å². The van der Waals surface area contributed by atoms with Crippen LogP contribution in [0, 0.1) is 0 Å². The van der Waals surface area contributed by atoms with E-state index >= 15 is 0 Å². The molecule has 1 aromatic rings. The van der Waals surface area contributed by atoms with Gasteiger partial charge in [0.2, 0.25) is 0 Å². The lowest BCUT2D eigenvalue weighted by molar-refractivity contribution is 0.213. The van der Waals surface area contributed by atoms with Crippen molar-refractivity contribution in [2.45, 2.75) is 13.0 Å². The van der Waals surface area contributed by atoms with Crippen LogP contribution in [0.2, 0.25) is 0 Å². The van der Waals surface area contributed by atoms with Crippen LogP contribution in [0.3, 0.4) is 0 Å². The Bertz CT molecular complexity index is 347. The largest absolute Gasteiger partial charge is 0.399 e. The van der Waals surface area contributed by atoms with E-state index < -0.39 is 0 Å². The molecule has 1 aliphatic heterocycles. The number of fused-ring (bicyclic) bond motifs is 1. The van der Waals surface area contributed by atoms with E-state index in [9.17, 15) is 0 Å². The summed E-state index contributed by atoms with van der Waals surface area (Å²) < 4.78 is 0. The smallest absolute Gasteiger partial charge is 0.106 e. The third-order valence-corrected chi connectivity index (χ3v) is 2.38. The molecule has 0 aliphatic carbocycles. The maximum absolute atomic E-state index is 4.85. The van der Waals surface area contributed by atoms with E-state index in [1.807, 2.05) is 6.07 Å². The predicted octanol–water partition coefficient (Wildman–Crippen LogP) is 1.53. The van der Waals surface area contributed by atoms with E-state index in [1.54, 1.807) is 7.11 Å². The van der Waals surface area contributed by atoms with Crippen molar-refractivity contribution in [2.24, 2.45) is 5.16 Å². The molecule has 0 aromatic heterocycles. The number of benzene rings is 1. The highest BCUT2D eigenvalue weighted by Crippen LogP contribution is 2.14. The molecule has 0 radical (unpaired) electrons. The maximum atomic E-state index is 4.85. The second-order valence-corrected chi connectivity index (χ2v) is 3.30. The number of hydrogen-bond donors (Lipinski definition) is 1. The van der Waals surface area contributed by atoms with Gasteiger partial charge in [-0.3, -0.25) is 0 Å². The van der Waals surface area contributed by atoms with Crippen molar-refractivity contribution in [1.29, 1.82) is 0 Å². The van der Waals surface area contributed by atoms with Crippen molar-refractivity contribution in [3.63, 3.8) is 0 Å². The molecule has 0 bridgehead atoms. The Balaban J connectivity index is 2.42. The average Bonchev–Trinajstić information content (AvgIpc) is 2.42. The van der Waals surface area contributed by atoms with Crippen molar-refractivity contribution >= 4 is 5.71 Å². The van der Waals surface area contributed by atoms with Gasteiger partial charge in [-0.25, -0.2) is 0 Å². The van der Waals surface area contributed by atoms with Gasteiger partial charge in [-0.15, -0.1) is 0 Å². The average molecular weight is 190 g/mol. The summed E-state index contributed by atoms with van der Waals surface area (Å²) in [5, 5.41) is 7.42. The van der Waals surface area contributed by atoms with Gasteiger partial charge < -0.3 is 10.2 Å². The van der Waals surface area contributed by atoms with Crippen LogP contribution in [-0.4, -0.2) is 19.4 Å². The molecular formula is C11H14N2O. The predicted molar refractivity (Wildman–Crippen MR) is 56.3 cm³/mol. The number of rotatable bonds is 1. The first-order valence-electron chi connectivity index (χ1n) is 4.81. The molecule has 0 fully saturated rings. The highest BCUT2D eigenvalue weighted by atomic mass is 16.6. The second-order valence-electron chi connectivity index (χ2n) is 3.30. The van der Waals surface area contributed by atoms with Crippen LogP contribution in [0.1, 0.15) is 17.5 Å². The first-order valence-corrected chi connectivity index (χ1v) is 4.81. The van der Waals surface area contributed by atoms with Gasteiger partial charge in [0.25, 0.3) is 0 Å². The fourth-order valence-electron chi connectivity index (χ4n) is 1.73. The second kappa shape index (κ2) is 4.24. The summed E-state index contributed by atoms with van der Waals surface area (Å²) in [7, 11) is 1.59. The molecule has 14 heavy (non-hydrogen) atoms. The zero-order valence-corrected chi connectivity index (χ0v) is 8.29. The van der Waals surface area contributed by atoms with Crippen LogP contribution >= 0.6 is 0 Å². The number of oxime groups is 1. The maximum Gasteiger partial charge on any atom is 0.106 e. The summed E-state index contributed by atoms with van der Waals surface area (Å²) in [6.45, 7) is 1.87. The van der Waals surface area contributed by atoms with Crippen molar-refractivity contribution in [1.82, 2.24) is 5.32 Å². The highest BCUT2D eigenvalue weighted by Gasteiger charge is 2.12. The summed E-state index contributed by atoms with van der Waals surface area (Å²) in [5.41, 5.74) is 3.54. The molecule has 74 valence electrons. The van der Waals surface area contributed by atoms with Gasteiger partial charge in [-0.2, -0.15) is 0 Å². The molecule has 1 heterocycles. The van der Waals surface area contributed by atoms with E-state index in [1.165, 1.54) is 11.1 Å². The summed E-state index contributed by atoms with van der Waals surface area (Å²) in [4.78, 5) is 4.85. The number of nitrogens with one attached hydrogen (secondary N) is 1. The van der Waals surface area contributed by atoms with Crippen LogP contribution < -0.4 is 5.32 Å². The molecule has 1 N–H and O–H groups in total. The van der Waals surface area contributed by atoms with E-state index in [-0.39, 0.29) is 0 Å². The van der Waals surface area contributed by atoms with Crippen LogP contribution in [0.4, 0.5) is 0 Å². The molecule has 0 saturated heterocycles. The molecule has 0 unspecified atom stereocenters. The SMILES string of the molecule is CON=C1CCNCc2ccccc21. The topological polar surface area (TPSA) is 33.6 Å². The third kappa shape index (κ3) is 1.77. The Morgan fingerprint density at radius 1 is 1.36 bits per heavy atom. The van der Waals surface area contributed by atoms with Gasteiger partial charge in [0.05, 0.1) is 5.71 Å². The fraction of sp³-hybridized carbons (Fsp3) is 0.364. The first kappa shape index (κ1) is 9.21. The van der Waals surface area contributed by atoms with Crippen LogP contribution in [0.5, 0.6) is 0 Å². The molecule has 0 saturated carbocycles. The van der Waals surface area contributed by atoms with E-state index in [2.05, 4.69) is 28.7 Å². The summed E-state index contributed by atoms with van der Waals surface area (Å²) in [6.07, 6.45) is 0.921. The standard InChI is InChI=1S/C11H14N2O/c1-14-13-11-6-7-12-8-9-4-2-3-5-10(9)11/h2-5,12H,6-8H2,1H3. The molecule has 1 aromatic carbocycles. The third-order valence-electron chi connectivity index (χ3n) is 2.38. The normalized spacial score (nSPS) is 18.8. The molecule has 3 heteroatoms. The zero-order valence-electron chi connectivity index (χ0n) is 8.29. The Labute approximate surface area is 83.8 Å². The van der Waals surface area contributed by atoms with Crippen LogP contribution in [0.25, 0.3) is 0 Å². The lowest BCUT2D eigenvalue weighted by atomic mass is 10.0. The first-order chi connectivity index (χ1) is 6.92. The zero-order chi connectivity index (χ0) is 9.80. The van der Waals surface area contributed by atoms with E-state index in [4.69, 9.17) is 4.84 Å². The molecule has 0 amide bonds. The van der Waals surface area contributed by atoms with E-state index in [0.29, 0.717) is 0 Å². The van der Waals surface area contributed by atoms with Crippen molar-refractivity contribution < 1.29 is 4.84 Å². The quantitative estimate of drug-likeness (QED) is 0.681. The van der Waals surface area contributed by atoms with Gasteiger partial charge >= 0.3 is 0 Å². The molecule has 0 spiro atoms. The minimum absolute atomic E-state index is 0.916. The van der Waals surface area contributed by atoms with Crippen LogP contribution in [-0.2, 0) is 11.4 Å². The Hall–Kier alpha value is -1.35. The van der Waals surface area contributed by atoms with Crippen LogP contribution in [0.15, 0.2) is 29.4 Å². The molecule has 1 aliphatic rings. The molecule has 0 atom stereocenters. The monoisotopic (exact) mass is 190 g/mol. The summed E-state index contributed by atoms with van der Waals surface area (Å²) in [6, 6.07) is 8.31. The highest BCUT2D eigenvalue weighted by molar-refractivity contribution is 6.01. The molecule has 3 nitrogen and oxygen atoms in total. The van der Waals surface area contributed by atoms with Gasteiger partial charge in [-0.1, -0.05) is 29.4 Å². The van der Waals surface area contributed by atoms with Crippen molar-refractivity contribution in [3.05, 3.63) is 35.4 Å². The summed E-state index contributed by atoms with van der Waals surface area (Å²) >= 11 is 0. The minimum atomic E-state index is 0.916. The Kier molecular flexibility index (Phi) is 2.79. The van der Waals surface area contributed by atoms with Crippen molar-refractivity contribution in [2.75, 3.05) is 13.7 Å². The number of hydrogen-bond acceptors (Lipinski definition) is 3. The lowest BCUT2D eigenvalue weighted by Crippen LogP contribution is -2.12. The molecule has 2 rings (SSSR count). The Morgan fingerprint density at radius 3 is 3.07 bits per heavy atom. The van der Waals surface area contributed by atoms with Gasteiger partial charge in [-0.05, 0) is 5.56 Å². The van der Waals surface area contributed by atoms with E-state index in [0.717, 1.165) is 25.2 Å². The van der Waals surface area contributed by atoms with Gasteiger partial charge in [0.15, 0.2) is 0 Å². The lowest BCUT2D eigenvalue weighted by Gasteiger charge is -2.05. The Morgan fingerprint density at radius 2 is 2.21 bits per heavy atom. The molecular weight excluding hydrogens is 176 g/mol. The van der Waals surface area contributed by atoms with Gasteiger partial charge in [0.1, 0.15) is 7.11 Å². The fourth-order valence-corrected chi connectivity index (χ4v) is 1.73. The number of nitrogens with zero attached hydrogens (tertiary/aromatic N) is 1. The summed E-state index contributed by atoms with van der Waals surface area (Å²) in [5.74, 6) is 0. The van der Waals surface area contributed by atoms with Crippen molar-refractivity contribution in [3.8, 4) is 0 Å². The minimum Gasteiger partial charge on any atom is -0.399 e.